The topological polar surface area (TPSA) is 117 Å². The Bertz CT molecular complexity index is 2680. The highest BCUT2D eigenvalue weighted by Crippen LogP contribution is 2.51. The number of phenols is 1. The van der Waals surface area contributed by atoms with Crippen LogP contribution in [0.1, 0.15) is 51.2 Å². The van der Waals surface area contributed by atoms with Crippen molar-refractivity contribution in [3.8, 4) is 5.75 Å². The maximum Gasteiger partial charge on any atom is 0.488 e. The maximum absolute atomic E-state index is 14.6. The minimum Gasteiger partial charge on any atom is -0.507 e. The van der Waals surface area contributed by atoms with Crippen LogP contribution in [0.15, 0.2) is 163 Å². The summed E-state index contributed by atoms with van der Waals surface area (Å²) in [5, 5.41) is 34.4. The van der Waals surface area contributed by atoms with Crippen molar-refractivity contribution in [3.63, 3.8) is 0 Å². The van der Waals surface area contributed by atoms with Gasteiger partial charge < -0.3 is 24.3 Å². The largest absolute Gasteiger partial charge is 0.507 e. The number of nitrogens with zero attached hydrogens (tertiary/aromatic N) is 1. The minimum atomic E-state index is -3.01. The zero-order chi connectivity index (χ0) is 43.9. The van der Waals surface area contributed by atoms with E-state index >= 15 is 0 Å². The first-order valence-electron chi connectivity index (χ1n) is 21.9. The van der Waals surface area contributed by atoms with Crippen LogP contribution in [0.3, 0.4) is 0 Å². The number of hydrogen-bond acceptors (Lipinski definition) is 7. The lowest BCUT2D eigenvalue weighted by Crippen LogP contribution is -2.66. The van der Waals surface area contributed by atoms with Crippen LogP contribution in [0, 0.1) is 17.8 Å². The zero-order valence-electron chi connectivity index (χ0n) is 35.9. The zero-order valence-corrected chi connectivity index (χ0v) is 36.9. The summed E-state index contributed by atoms with van der Waals surface area (Å²) in [6.07, 6.45) is 3.51. The van der Waals surface area contributed by atoms with Gasteiger partial charge in [-0.25, -0.2) is 0 Å². The molecule has 6 aromatic rings. The van der Waals surface area contributed by atoms with Gasteiger partial charge in [0.2, 0.25) is 11.8 Å². The van der Waals surface area contributed by atoms with Crippen molar-refractivity contribution in [1.29, 1.82) is 0 Å². The molecule has 6 aromatic carbocycles. The second-order valence-corrected chi connectivity index (χ2v) is 22.4. The SMILES string of the molecule is CC(C)(C)[Si](OCC1=C2[C@@H](CC/C(=C/c3ccc(O)c4ccccc34)c3ccccc3)OC[C@@H]2[C@@H]2C(=O)N(c3cccc(B(O)O)c3)C(=O)[C@@H]2C1)(c1ccccc1)c1ccccc1. The summed E-state index contributed by atoms with van der Waals surface area (Å²) in [6, 6.07) is 49.3. The van der Waals surface area contributed by atoms with Gasteiger partial charge in [-0.05, 0) is 91.6 Å². The fourth-order valence-corrected chi connectivity index (χ4v) is 15.0. The second kappa shape index (κ2) is 17.4. The van der Waals surface area contributed by atoms with Crippen molar-refractivity contribution >= 4 is 71.2 Å². The molecule has 1 aliphatic carbocycles. The van der Waals surface area contributed by atoms with Gasteiger partial charge in [-0.15, -0.1) is 0 Å². The summed E-state index contributed by atoms with van der Waals surface area (Å²) in [5.41, 5.74) is 5.79. The first-order chi connectivity index (χ1) is 30.5. The Hall–Kier alpha value is -5.88. The highest BCUT2D eigenvalue weighted by molar-refractivity contribution is 6.99. The molecule has 2 amide bonds. The Kier molecular flexibility index (Phi) is 11.7. The molecule has 0 radical (unpaired) electrons. The Morgan fingerprint density at radius 1 is 0.778 bits per heavy atom. The number of imide groups is 1. The molecule has 2 aliphatic heterocycles. The van der Waals surface area contributed by atoms with Gasteiger partial charge in [0.05, 0.1) is 36.8 Å². The van der Waals surface area contributed by atoms with E-state index in [0.717, 1.165) is 49.0 Å². The van der Waals surface area contributed by atoms with Crippen LogP contribution < -0.4 is 20.7 Å². The number of fused-ring (bicyclic) bond motifs is 4. The second-order valence-electron chi connectivity index (χ2n) is 18.0. The molecule has 3 aliphatic rings. The lowest BCUT2D eigenvalue weighted by molar-refractivity contribution is -0.122. The van der Waals surface area contributed by atoms with Gasteiger partial charge in [0.25, 0.3) is 8.32 Å². The maximum atomic E-state index is 14.6. The van der Waals surface area contributed by atoms with Crippen LogP contribution in [-0.2, 0) is 18.8 Å². The minimum absolute atomic E-state index is 0.202. The van der Waals surface area contributed by atoms with E-state index in [-0.39, 0.29) is 46.7 Å². The van der Waals surface area contributed by atoms with Crippen LogP contribution in [0.4, 0.5) is 5.69 Å². The lowest BCUT2D eigenvalue weighted by atomic mass is 9.69. The van der Waals surface area contributed by atoms with Gasteiger partial charge in [0, 0.05) is 11.3 Å². The number of ether oxygens (including phenoxy) is 1. The van der Waals surface area contributed by atoms with E-state index in [1.54, 1.807) is 24.3 Å². The van der Waals surface area contributed by atoms with E-state index < -0.39 is 27.3 Å². The van der Waals surface area contributed by atoms with Crippen molar-refractivity contribution < 1.29 is 33.9 Å². The summed E-state index contributed by atoms with van der Waals surface area (Å²) in [7, 11) is -4.75. The van der Waals surface area contributed by atoms with Gasteiger partial charge in [0.1, 0.15) is 5.75 Å². The number of phenolic OH excluding ortho intramolecular Hbond substituents is 1. The van der Waals surface area contributed by atoms with E-state index in [4.69, 9.17) is 9.16 Å². The van der Waals surface area contributed by atoms with Crippen LogP contribution >= 0.6 is 0 Å². The number of carbonyl (C=O) groups excluding carboxylic acids is 2. The smallest absolute Gasteiger partial charge is 0.488 e. The molecule has 8 nitrogen and oxygen atoms in total. The Morgan fingerprint density at radius 2 is 1.41 bits per heavy atom. The number of rotatable bonds is 12. The fourth-order valence-electron chi connectivity index (χ4n) is 10.5. The summed E-state index contributed by atoms with van der Waals surface area (Å²) >= 11 is 0. The van der Waals surface area contributed by atoms with E-state index in [9.17, 15) is 24.7 Å². The number of aromatic hydroxyl groups is 1. The molecule has 2 heterocycles. The normalized spacial score (nSPS) is 20.3. The van der Waals surface area contributed by atoms with Crippen LogP contribution in [0.25, 0.3) is 22.4 Å². The van der Waals surface area contributed by atoms with E-state index in [1.807, 2.05) is 60.7 Å². The van der Waals surface area contributed by atoms with Gasteiger partial charge in [-0.3, -0.25) is 14.5 Å². The molecule has 318 valence electrons. The number of benzene rings is 6. The molecule has 3 N–H and O–H groups in total. The molecular formula is C53H52BNO7Si. The third-order valence-electron chi connectivity index (χ3n) is 13.4. The predicted molar refractivity (Wildman–Crippen MR) is 253 cm³/mol. The number of allylic oxidation sites excluding steroid dienone is 1. The number of anilines is 1. The predicted octanol–water partition coefficient (Wildman–Crippen LogP) is 7.64. The lowest BCUT2D eigenvalue weighted by Gasteiger charge is -2.44. The summed E-state index contributed by atoms with van der Waals surface area (Å²) in [4.78, 5) is 30.5. The third-order valence-corrected chi connectivity index (χ3v) is 18.4. The number of amides is 2. The van der Waals surface area contributed by atoms with Gasteiger partial charge in [0.15, 0.2) is 0 Å². The van der Waals surface area contributed by atoms with Crippen LogP contribution in [0.5, 0.6) is 5.75 Å². The number of carbonyl (C=O) groups is 2. The van der Waals surface area contributed by atoms with E-state index in [2.05, 4.69) is 87.5 Å². The molecule has 10 heteroatoms. The fraction of sp³-hybridized carbons (Fsp3) is 0.245. The molecule has 4 atom stereocenters. The van der Waals surface area contributed by atoms with Crippen molar-refractivity contribution in [2.75, 3.05) is 18.1 Å². The Balaban J connectivity index is 1.12. The molecule has 2 fully saturated rings. The first kappa shape index (κ1) is 42.4. The highest BCUT2D eigenvalue weighted by Gasteiger charge is 2.58. The standard InChI is InChI=1S/C53H52BNO7Si/c1-53(2,3)63(41-20-9-5-10-21-41,42-22-11-6-12-23-42)62-33-38-31-45-50(52(58)55(51(45)57)40-19-15-18-39(32-40)54(59)60)46-34-61-48(49(38)46)29-27-36(35-16-7-4-8-17-35)30-37-26-28-47(56)44-25-14-13-24-43(37)44/h4-26,28,30,32,45-46,48,50,56,59-60H,27,29,31,33-34H2,1-3H3/b36-30-/t45-,46+,48-,50-/m1/s1. The van der Waals surface area contributed by atoms with Gasteiger partial charge in [-0.2, -0.15) is 0 Å². The Morgan fingerprint density at radius 3 is 2.06 bits per heavy atom. The molecule has 0 aromatic heterocycles. The monoisotopic (exact) mass is 853 g/mol. The molecule has 2 saturated heterocycles. The molecule has 0 bridgehead atoms. The summed E-state index contributed by atoms with van der Waals surface area (Å²) in [6.45, 7) is 7.32. The quantitative estimate of drug-likeness (QED) is 0.0502. The summed E-state index contributed by atoms with van der Waals surface area (Å²) < 4.78 is 14.4. The highest BCUT2D eigenvalue weighted by atomic mass is 28.4. The van der Waals surface area contributed by atoms with Crippen LogP contribution in [0.2, 0.25) is 5.04 Å². The van der Waals surface area contributed by atoms with E-state index in [0.29, 0.717) is 31.6 Å². The average molecular weight is 854 g/mol. The van der Waals surface area contributed by atoms with Gasteiger partial charge >= 0.3 is 7.12 Å². The third kappa shape index (κ3) is 7.81. The summed E-state index contributed by atoms with van der Waals surface area (Å²) in [5.74, 6) is -1.96. The molecule has 0 unspecified atom stereocenters. The van der Waals surface area contributed by atoms with E-state index in [1.165, 1.54) is 11.0 Å². The Labute approximate surface area is 370 Å². The van der Waals surface area contributed by atoms with Crippen molar-refractivity contribution in [1.82, 2.24) is 0 Å². The average Bonchev–Trinajstić information content (AvgIpc) is 3.83. The van der Waals surface area contributed by atoms with Crippen molar-refractivity contribution in [3.05, 3.63) is 174 Å². The van der Waals surface area contributed by atoms with Crippen LogP contribution in [-0.4, -0.2) is 61.7 Å². The molecule has 0 saturated carbocycles. The first-order valence-corrected chi connectivity index (χ1v) is 23.8. The molecular weight excluding hydrogens is 801 g/mol. The van der Waals surface area contributed by atoms with Crippen molar-refractivity contribution in [2.24, 2.45) is 17.8 Å². The number of hydrogen-bond donors (Lipinski definition) is 3. The molecule has 0 spiro atoms. The molecule has 63 heavy (non-hydrogen) atoms. The molecule has 9 rings (SSSR count). The van der Waals surface area contributed by atoms with Crippen molar-refractivity contribution in [2.45, 2.75) is 51.2 Å². The van der Waals surface area contributed by atoms with Gasteiger partial charge in [-0.1, -0.05) is 160 Å².